The highest BCUT2D eigenvalue weighted by Gasteiger charge is 2.19. The predicted molar refractivity (Wildman–Crippen MR) is 82.5 cm³/mol. The van der Waals surface area contributed by atoms with Crippen LogP contribution in [-0.4, -0.2) is 36.1 Å². The van der Waals surface area contributed by atoms with E-state index >= 15 is 0 Å². The Labute approximate surface area is 124 Å². The van der Waals surface area contributed by atoms with Gasteiger partial charge < -0.3 is 10.6 Å². The van der Waals surface area contributed by atoms with Crippen LogP contribution in [0.1, 0.15) is 5.56 Å². The van der Waals surface area contributed by atoms with Crippen molar-refractivity contribution in [2.24, 2.45) is 0 Å². The minimum atomic E-state index is -0.145. The van der Waals surface area contributed by atoms with Gasteiger partial charge in [0.15, 0.2) is 0 Å². The first kappa shape index (κ1) is 13.8. The van der Waals surface area contributed by atoms with Gasteiger partial charge in [0.2, 0.25) is 0 Å². The van der Waals surface area contributed by atoms with Crippen molar-refractivity contribution in [3.05, 3.63) is 54.0 Å². The maximum absolute atomic E-state index is 13.8. The van der Waals surface area contributed by atoms with E-state index in [4.69, 9.17) is 5.73 Å². The SMILES string of the molecule is Nc1ccc(CN2CCN(c3ccccc3F)CC2)cn1. The molecule has 1 fully saturated rings. The molecule has 2 aromatic rings. The van der Waals surface area contributed by atoms with Crippen molar-refractivity contribution in [2.75, 3.05) is 36.8 Å². The number of halogens is 1. The molecule has 0 unspecified atom stereocenters. The lowest BCUT2D eigenvalue weighted by Crippen LogP contribution is -2.46. The largest absolute Gasteiger partial charge is 0.384 e. The van der Waals surface area contributed by atoms with Gasteiger partial charge in [-0.05, 0) is 23.8 Å². The monoisotopic (exact) mass is 286 g/mol. The summed E-state index contributed by atoms with van der Waals surface area (Å²) in [4.78, 5) is 8.57. The van der Waals surface area contributed by atoms with Crippen LogP contribution in [0.5, 0.6) is 0 Å². The normalized spacial score (nSPS) is 16.1. The number of rotatable bonds is 3. The predicted octanol–water partition coefficient (Wildman–Crippen LogP) is 2.13. The summed E-state index contributed by atoms with van der Waals surface area (Å²) in [6, 6.07) is 10.8. The Balaban J connectivity index is 1.58. The molecule has 110 valence electrons. The summed E-state index contributed by atoms with van der Waals surface area (Å²) < 4.78 is 13.8. The van der Waals surface area contributed by atoms with Crippen LogP contribution >= 0.6 is 0 Å². The quantitative estimate of drug-likeness (QED) is 0.939. The highest BCUT2D eigenvalue weighted by atomic mass is 19.1. The summed E-state index contributed by atoms with van der Waals surface area (Å²) in [6.07, 6.45) is 1.82. The Bertz CT molecular complexity index is 591. The Morgan fingerprint density at radius 2 is 1.81 bits per heavy atom. The van der Waals surface area contributed by atoms with Gasteiger partial charge >= 0.3 is 0 Å². The second-order valence-corrected chi connectivity index (χ2v) is 5.31. The van der Waals surface area contributed by atoms with Gasteiger partial charge in [0.05, 0.1) is 5.69 Å². The molecule has 4 nitrogen and oxygen atoms in total. The number of nitrogen functional groups attached to an aromatic ring is 1. The Morgan fingerprint density at radius 3 is 2.48 bits per heavy atom. The lowest BCUT2D eigenvalue weighted by atomic mass is 10.2. The van der Waals surface area contributed by atoms with Gasteiger partial charge in [0.25, 0.3) is 0 Å². The maximum atomic E-state index is 13.8. The average molecular weight is 286 g/mol. The summed E-state index contributed by atoms with van der Waals surface area (Å²) in [5.74, 6) is 0.400. The maximum Gasteiger partial charge on any atom is 0.146 e. The van der Waals surface area contributed by atoms with Gasteiger partial charge in [0, 0.05) is 38.9 Å². The van der Waals surface area contributed by atoms with Crippen LogP contribution in [0, 0.1) is 5.82 Å². The minimum absolute atomic E-state index is 0.145. The molecule has 0 atom stereocenters. The zero-order valence-corrected chi connectivity index (χ0v) is 11.9. The van der Waals surface area contributed by atoms with E-state index in [0.29, 0.717) is 11.5 Å². The molecule has 0 saturated carbocycles. The van der Waals surface area contributed by atoms with Crippen LogP contribution in [0.2, 0.25) is 0 Å². The van der Waals surface area contributed by atoms with Crippen molar-refractivity contribution < 1.29 is 4.39 Å². The molecule has 3 rings (SSSR count). The van der Waals surface area contributed by atoms with E-state index in [0.717, 1.165) is 38.3 Å². The molecule has 1 aromatic heterocycles. The molecule has 5 heteroatoms. The molecule has 1 saturated heterocycles. The van der Waals surface area contributed by atoms with Crippen LogP contribution in [0.25, 0.3) is 0 Å². The first-order valence-electron chi connectivity index (χ1n) is 7.14. The van der Waals surface area contributed by atoms with E-state index in [-0.39, 0.29) is 5.82 Å². The zero-order chi connectivity index (χ0) is 14.7. The molecule has 2 heterocycles. The molecule has 1 aliphatic heterocycles. The lowest BCUT2D eigenvalue weighted by molar-refractivity contribution is 0.249. The van der Waals surface area contributed by atoms with E-state index in [2.05, 4.69) is 14.8 Å². The van der Waals surface area contributed by atoms with Crippen LogP contribution in [0.15, 0.2) is 42.6 Å². The highest BCUT2D eigenvalue weighted by Crippen LogP contribution is 2.20. The van der Waals surface area contributed by atoms with E-state index < -0.39 is 0 Å². The summed E-state index contributed by atoms with van der Waals surface area (Å²) in [7, 11) is 0. The Morgan fingerprint density at radius 1 is 1.05 bits per heavy atom. The number of hydrogen-bond acceptors (Lipinski definition) is 4. The second-order valence-electron chi connectivity index (χ2n) is 5.31. The Hall–Kier alpha value is -2.14. The van der Waals surface area contributed by atoms with Crippen LogP contribution < -0.4 is 10.6 Å². The fraction of sp³-hybridized carbons (Fsp3) is 0.312. The van der Waals surface area contributed by atoms with Crippen LogP contribution in [-0.2, 0) is 6.54 Å². The third kappa shape index (κ3) is 3.31. The summed E-state index contributed by atoms with van der Waals surface area (Å²) in [5, 5.41) is 0. The molecule has 0 radical (unpaired) electrons. The summed E-state index contributed by atoms with van der Waals surface area (Å²) >= 11 is 0. The van der Waals surface area contributed by atoms with Crippen molar-refractivity contribution in [2.45, 2.75) is 6.54 Å². The topological polar surface area (TPSA) is 45.4 Å². The zero-order valence-electron chi connectivity index (χ0n) is 11.9. The number of nitrogens with two attached hydrogens (primary N) is 1. The number of hydrogen-bond donors (Lipinski definition) is 1. The van der Waals surface area contributed by atoms with E-state index in [9.17, 15) is 4.39 Å². The van der Waals surface area contributed by atoms with Crippen molar-refractivity contribution in [1.29, 1.82) is 0 Å². The fourth-order valence-electron chi connectivity index (χ4n) is 2.64. The van der Waals surface area contributed by atoms with Gasteiger partial charge in [-0.3, -0.25) is 4.90 Å². The first-order chi connectivity index (χ1) is 10.2. The van der Waals surface area contributed by atoms with Crippen molar-refractivity contribution >= 4 is 11.5 Å². The molecule has 21 heavy (non-hydrogen) atoms. The molecule has 2 N–H and O–H groups in total. The first-order valence-corrected chi connectivity index (χ1v) is 7.14. The molecular formula is C16H19FN4. The molecule has 0 bridgehead atoms. The number of benzene rings is 1. The fourth-order valence-corrected chi connectivity index (χ4v) is 2.64. The molecule has 0 spiro atoms. The smallest absolute Gasteiger partial charge is 0.146 e. The number of aromatic nitrogens is 1. The van der Waals surface area contributed by atoms with E-state index in [1.807, 2.05) is 30.5 Å². The van der Waals surface area contributed by atoms with Gasteiger partial charge in [-0.15, -0.1) is 0 Å². The van der Waals surface area contributed by atoms with Crippen molar-refractivity contribution in [3.63, 3.8) is 0 Å². The molecular weight excluding hydrogens is 267 g/mol. The number of nitrogens with zero attached hydrogens (tertiary/aromatic N) is 3. The van der Waals surface area contributed by atoms with Gasteiger partial charge in [-0.1, -0.05) is 18.2 Å². The summed E-state index contributed by atoms with van der Waals surface area (Å²) in [5.41, 5.74) is 7.45. The molecule has 0 aliphatic carbocycles. The third-order valence-corrected chi connectivity index (χ3v) is 3.82. The molecule has 0 amide bonds. The second kappa shape index (κ2) is 6.10. The Kier molecular flexibility index (Phi) is 4.01. The number of piperazine rings is 1. The number of pyridine rings is 1. The average Bonchev–Trinajstić information content (AvgIpc) is 2.51. The molecule has 1 aliphatic rings. The minimum Gasteiger partial charge on any atom is -0.384 e. The number of anilines is 2. The standard InChI is InChI=1S/C16H19FN4/c17-14-3-1-2-4-15(14)21-9-7-20(8-10-21)12-13-5-6-16(18)19-11-13/h1-6,11H,7-10,12H2,(H2,18,19). The van der Waals surface area contributed by atoms with Crippen molar-refractivity contribution in [1.82, 2.24) is 9.88 Å². The van der Waals surface area contributed by atoms with Gasteiger partial charge in [-0.2, -0.15) is 0 Å². The van der Waals surface area contributed by atoms with E-state index in [1.165, 1.54) is 6.07 Å². The van der Waals surface area contributed by atoms with Crippen LogP contribution in [0.4, 0.5) is 15.9 Å². The summed E-state index contributed by atoms with van der Waals surface area (Å²) in [6.45, 7) is 4.36. The third-order valence-electron chi connectivity index (χ3n) is 3.82. The van der Waals surface area contributed by atoms with E-state index in [1.54, 1.807) is 6.07 Å². The number of para-hydroxylation sites is 1. The van der Waals surface area contributed by atoms with Gasteiger partial charge in [0.1, 0.15) is 11.6 Å². The lowest BCUT2D eigenvalue weighted by Gasteiger charge is -2.36. The highest BCUT2D eigenvalue weighted by molar-refractivity contribution is 5.48. The van der Waals surface area contributed by atoms with Crippen LogP contribution in [0.3, 0.4) is 0 Å². The van der Waals surface area contributed by atoms with Gasteiger partial charge in [-0.25, -0.2) is 9.37 Å². The van der Waals surface area contributed by atoms with Crippen molar-refractivity contribution in [3.8, 4) is 0 Å². The molecule has 1 aromatic carbocycles.